The predicted octanol–water partition coefficient (Wildman–Crippen LogP) is 1.47. The molecule has 0 aliphatic rings. The van der Waals surface area contributed by atoms with Crippen molar-refractivity contribution in [2.75, 3.05) is 12.3 Å². The summed E-state index contributed by atoms with van der Waals surface area (Å²) in [4.78, 5) is 23.9. The molecule has 0 bridgehead atoms. The second-order valence-electron chi connectivity index (χ2n) is 3.92. The van der Waals surface area contributed by atoms with E-state index in [1.54, 1.807) is 6.92 Å². The monoisotopic (exact) mass is 309 g/mol. The van der Waals surface area contributed by atoms with Gasteiger partial charge in [-0.15, -0.1) is 0 Å². The molecule has 112 valence electrons. The molecule has 9 heteroatoms. The number of nitrogens with zero attached hydrogens (tertiary/aromatic N) is 4. The Morgan fingerprint density at radius 1 is 1.43 bits per heavy atom. The number of aromatic nitrogens is 4. The third-order valence-corrected chi connectivity index (χ3v) is 3.29. The number of hydrogen-bond donors (Lipinski definition) is 1. The first kappa shape index (κ1) is 15.2. The van der Waals surface area contributed by atoms with E-state index in [0.29, 0.717) is 29.0 Å². The summed E-state index contributed by atoms with van der Waals surface area (Å²) in [6.45, 7) is 3.92. The summed E-state index contributed by atoms with van der Waals surface area (Å²) in [6, 6.07) is 0. The number of rotatable bonds is 6. The lowest BCUT2D eigenvalue weighted by atomic mass is 10.3. The summed E-state index contributed by atoms with van der Waals surface area (Å²) in [7, 11) is 0. The normalized spacial score (nSPS) is 10.6. The van der Waals surface area contributed by atoms with Gasteiger partial charge in [-0.3, -0.25) is 0 Å². The number of ether oxygens (including phenoxy) is 1. The van der Waals surface area contributed by atoms with Crippen LogP contribution in [0.3, 0.4) is 0 Å². The molecule has 0 atom stereocenters. The molecular weight excluding hydrogens is 294 g/mol. The molecule has 21 heavy (non-hydrogen) atoms. The summed E-state index contributed by atoms with van der Waals surface area (Å²) < 4.78 is 9.86. The number of anilines is 1. The van der Waals surface area contributed by atoms with Gasteiger partial charge in [-0.25, -0.2) is 14.8 Å². The number of nitrogen functional groups attached to an aromatic ring is 1. The van der Waals surface area contributed by atoms with E-state index in [9.17, 15) is 4.79 Å². The quantitative estimate of drug-likeness (QED) is 0.480. The summed E-state index contributed by atoms with van der Waals surface area (Å²) in [5.41, 5.74) is 5.89. The van der Waals surface area contributed by atoms with Gasteiger partial charge in [0.15, 0.2) is 11.0 Å². The van der Waals surface area contributed by atoms with E-state index in [2.05, 4.69) is 20.1 Å². The summed E-state index contributed by atoms with van der Waals surface area (Å²) in [5, 5.41) is 4.26. The van der Waals surface area contributed by atoms with Gasteiger partial charge >= 0.3 is 5.97 Å². The van der Waals surface area contributed by atoms with Crippen LogP contribution in [0.4, 0.5) is 5.82 Å². The number of hydrogen-bond acceptors (Lipinski definition) is 9. The topological polar surface area (TPSA) is 117 Å². The van der Waals surface area contributed by atoms with Crippen molar-refractivity contribution in [3.05, 3.63) is 23.5 Å². The molecule has 0 fully saturated rings. The highest BCUT2D eigenvalue weighted by Crippen LogP contribution is 2.20. The third-order valence-electron chi connectivity index (χ3n) is 2.43. The van der Waals surface area contributed by atoms with Gasteiger partial charge in [0.2, 0.25) is 5.89 Å². The van der Waals surface area contributed by atoms with E-state index in [-0.39, 0.29) is 18.0 Å². The number of carbonyl (C=O) groups excluding carboxylic acids is 1. The first-order chi connectivity index (χ1) is 10.1. The van der Waals surface area contributed by atoms with Crippen molar-refractivity contribution in [3.8, 4) is 0 Å². The van der Waals surface area contributed by atoms with Crippen molar-refractivity contribution in [2.24, 2.45) is 0 Å². The Kier molecular flexibility index (Phi) is 5.09. The zero-order valence-electron chi connectivity index (χ0n) is 11.7. The third kappa shape index (κ3) is 3.91. The van der Waals surface area contributed by atoms with Crippen molar-refractivity contribution >= 4 is 23.5 Å². The van der Waals surface area contributed by atoms with Gasteiger partial charge in [-0.1, -0.05) is 23.8 Å². The Morgan fingerprint density at radius 2 is 2.24 bits per heavy atom. The van der Waals surface area contributed by atoms with Crippen molar-refractivity contribution in [1.82, 2.24) is 20.1 Å². The minimum atomic E-state index is -0.530. The van der Waals surface area contributed by atoms with Crippen molar-refractivity contribution in [3.63, 3.8) is 0 Å². The predicted molar refractivity (Wildman–Crippen MR) is 75.6 cm³/mol. The van der Waals surface area contributed by atoms with Crippen LogP contribution in [-0.2, 0) is 16.9 Å². The van der Waals surface area contributed by atoms with Gasteiger partial charge in [-0.05, 0) is 6.92 Å². The molecule has 0 radical (unpaired) electrons. The minimum Gasteiger partial charge on any atom is -0.462 e. The van der Waals surface area contributed by atoms with Gasteiger partial charge in [0.05, 0.1) is 12.4 Å². The van der Waals surface area contributed by atoms with E-state index < -0.39 is 5.97 Å². The first-order valence-corrected chi connectivity index (χ1v) is 7.36. The van der Waals surface area contributed by atoms with Gasteiger partial charge in [-0.2, -0.15) is 4.98 Å². The molecule has 0 spiro atoms. The smallest absolute Gasteiger partial charge is 0.343 e. The number of carbonyl (C=O) groups is 1. The molecule has 8 nitrogen and oxygen atoms in total. The lowest BCUT2D eigenvalue weighted by Crippen LogP contribution is -2.10. The lowest BCUT2D eigenvalue weighted by Gasteiger charge is -2.05. The Bertz CT molecular complexity index is 631. The van der Waals surface area contributed by atoms with Crippen molar-refractivity contribution in [1.29, 1.82) is 0 Å². The molecule has 0 saturated heterocycles. The van der Waals surface area contributed by atoms with E-state index in [0.717, 1.165) is 0 Å². The Morgan fingerprint density at radius 3 is 2.86 bits per heavy atom. The highest BCUT2D eigenvalue weighted by atomic mass is 32.2. The van der Waals surface area contributed by atoms with E-state index >= 15 is 0 Å². The summed E-state index contributed by atoms with van der Waals surface area (Å²) in [5.74, 6) is 1.17. The average molecular weight is 309 g/mol. The maximum atomic E-state index is 11.6. The zero-order valence-corrected chi connectivity index (χ0v) is 12.5. The fourth-order valence-electron chi connectivity index (χ4n) is 1.44. The van der Waals surface area contributed by atoms with Crippen LogP contribution in [0.5, 0.6) is 0 Å². The summed E-state index contributed by atoms with van der Waals surface area (Å²) in [6.07, 6.45) is 2.05. The molecule has 0 amide bonds. The Labute approximate surface area is 125 Å². The molecule has 0 aromatic carbocycles. The lowest BCUT2D eigenvalue weighted by molar-refractivity contribution is 0.0526. The second kappa shape index (κ2) is 7.02. The van der Waals surface area contributed by atoms with Crippen LogP contribution < -0.4 is 5.73 Å². The standard InChI is InChI=1S/C12H15N5O3S/c1-3-9-15-8(17-20-9)6-21-12-14-5-7(10(13)16-12)11(18)19-4-2/h5H,3-4,6H2,1-2H3,(H2,13,14,16). The van der Waals surface area contributed by atoms with Crippen LogP contribution >= 0.6 is 11.8 Å². The van der Waals surface area contributed by atoms with E-state index in [4.69, 9.17) is 15.0 Å². The highest BCUT2D eigenvalue weighted by molar-refractivity contribution is 7.98. The SMILES string of the molecule is CCOC(=O)c1cnc(SCc2noc(CC)n2)nc1N. The van der Waals surface area contributed by atoms with Crippen LogP contribution in [-0.4, -0.2) is 32.7 Å². The molecule has 2 aromatic heterocycles. The molecule has 2 heterocycles. The molecule has 0 unspecified atom stereocenters. The molecule has 2 N–H and O–H groups in total. The van der Waals surface area contributed by atoms with Crippen molar-refractivity contribution < 1.29 is 14.1 Å². The van der Waals surface area contributed by atoms with Crippen LogP contribution in [0.2, 0.25) is 0 Å². The van der Waals surface area contributed by atoms with Crippen molar-refractivity contribution in [2.45, 2.75) is 31.2 Å². The first-order valence-electron chi connectivity index (χ1n) is 6.37. The van der Waals surface area contributed by atoms with Gasteiger partial charge in [0.25, 0.3) is 0 Å². The second-order valence-corrected chi connectivity index (χ2v) is 4.86. The Hall–Kier alpha value is -2.16. The molecule has 2 rings (SSSR count). The molecule has 2 aromatic rings. The number of nitrogens with two attached hydrogens (primary N) is 1. The Balaban J connectivity index is 2.01. The fourth-order valence-corrected chi connectivity index (χ4v) is 2.10. The van der Waals surface area contributed by atoms with Gasteiger partial charge in [0.1, 0.15) is 11.4 Å². The maximum Gasteiger partial charge on any atom is 0.343 e. The number of thioether (sulfide) groups is 1. The highest BCUT2D eigenvalue weighted by Gasteiger charge is 2.14. The fraction of sp³-hybridized carbons (Fsp3) is 0.417. The van der Waals surface area contributed by atoms with E-state index in [1.165, 1.54) is 18.0 Å². The maximum absolute atomic E-state index is 11.6. The van der Waals surface area contributed by atoms with Crippen LogP contribution in [0.15, 0.2) is 15.9 Å². The van der Waals surface area contributed by atoms with Crippen LogP contribution in [0, 0.1) is 0 Å². The van der Waals surface area contributed by atoms with Crippen LogP contribution in [0.25, 0.3) is 0 Å². The molecule has 0 saturated carbocycles. The molecule has 0 aliphatic heterocycles. The number of aryl methyl sites for hydroxylation is 1. The number of esters is 1. The minimum absolute atomic E-state index is 0.0910. The van der Waals surface area contributed by atoms with E-state index in [1.807, 2.05) is 6.92 Å². The van der Waals surface area contributed by atoms with Crippen LogP contribution in [0.1, 0.15) is 35.9 Å². The molecular formula is C12H15N5O3S. The average Bonchev–Trinajstić information content (AvgIpc) is 2.93. The zero-order chi connectivity index (χ0) is 15.2. The largest absolute Gasteiger partial charge is 0.462 e. The van der Waals surface area contributed by atoms with Gasteiger partial charge < -0.3 is 15.0 Å². The summed E-state index contributed by atoms with van der Waals surface area (Å²) >= 11 is 1.31. The van der Waals surface area contributed by atoms with Gasteiger partial charge in [0, 0.05) is 12.6 Å². The molecule has 0 aliphatic carbocycles.